The molecule has 3 nitrogen and oxygen atoms in total. The minimum atomic E-state index is -0.756. The van der Waals surface area contributed by atoms with E-state index in [-0.39, 0.29) is 11.7 Å². The van der Waals surface area contributed by atoms with Gasteiger partial charge in [-0.25, -0.2) is 4.39 Å². The molecule has 2 atom stereocenters. The van der Waals surface area contributed by atoms with Crippen molar-refractivity contribution in [3.63, 3.8) is 0 Å². The Hall–Kier alpha value is -0.970. The molecular weight excluding hydrogens is 233 g/mol. The highest BCUT2D eigenvalue weighted by Gasteiger charge is 2.22. The number of rotatable bonds is 4. The molecule has 0 saturated carbocycles. The lowest BCUT2D eigenvalue weighted by molar-refractivity contribution is 0.0145. The molecule has 1 aromatic rings. The summed E-state index contributed by atoms with van der Waals surface area (Å²) in [5.41, 5.74) is 0.387. The van der Waals surface area contributed by atoms with Gasteiger partial charge in [0.15, 0.2) is 0 Å². The second-order valence-corrected chi connectivity index (χ2v) is 4.86. The van der Waals surface area contributed by atoms with Gasteiger partial charge in [0.25, 0.3) is 0 Å². The molecule has 1 fully saturated rings. The number of aliphatic hydroxyl groups excluding tert-OH is 1. The van der Waals surface area contributed by atoms with Gasteiger partial charge in [-0.15, -0.1) is 0 Å². The van der Waals surface area contributed by atoms with Gasteiger partial charge in [-0.1, -0.05) is 25.1 Å². The van der Waals surface area contributed by atoms with Crippen LogP contribution in [0.4, 0.5) is 4.39 Å². The van der Waals surface area contributed by atoms with Gasteiger partial charge in [-0.2, -0.15) is 0 Å². The van der Waals surface area contributed by atoms with E-state index in [9.17, 15) is 9.50 Å². The first-order valence-electron chi connectivity index (χ1n) is 6.41. The SMILES string of the molecule is CC(CN1CCOCC1)C(O)c1ccccc1F. The standard InChI is InChI=1S/C14H20FNO2/c1-11(10-16-6-8-18-9-7-16)14(17)12-4-2-3-5-13(12)15/h2-5,11,14,17H,6-10H2,1H3. The number of benzene rings is 1. The largest absolute Gasteiger partial charge is 0.388 e. The van der Waals surface area contributed by atoms with Gasteiger partial charge >= 0.3 is 0 Å². The van der Waals surface area contributed by atoms with Crippen molar-refractivity contribution < 1.29 is 14.2 Å². The fourth-order valence-corrected chi connectivity index (χ4v) is 2.31. The third-order valence-corrected chi connectivity index (χ3v) is 3.41. The molecule has 1 aliphatic rings. The van der Waals surface area contributed by atoms with E-state index < -0.39 is 6.10 Å². The van der Waals surface area contributed by atoms with Crippen LogP contribution in [0.15, 0.2) is 24.3 Å². The number of morpholine rings is 1. The van der Waals surface area contributed by atoms with Crippen LogP contribution in [0.1, 0.15) is 18.6 Å². The third kappa shape index (κ3) is 3.28. The lowest BCUT2D eigenvalue weighted by atomic mass is 9.96. The fourth-order valence-electron chi connectivity index (χ4n) is 2.31. The molecular formula is C14H20FNO2. The van der Waals surface area contributed by atoms with Gasteiger partial charge in [0.05, 0.1) is 19.3 Å². The van der Waals surface area contributed by atoms with Crippen LogP contribution in [-0.2, 0) is 4.74 Å². The summed E-state index contributed by atoms with van der Waals surface area (Å²) in [4.78, 5) is 2.25. The van der Waals surface area contributed by atoms with Crippen LogP contribution in [0.25, 0.3) is 0 Å². The molecule has 0 aliphatic carbocycles. The minimum absolute atomic E-state index is 0. The Morgan fingerprint density at radius 2 is 2.00 bits per heavy atom. The van der Waals surface area contributed by atoms with E-state index in [1.54, 1.807) is 18.2 Å². The molecule has 0 bridgehead atoms. The normalized spacial score (nSPS) is 20.6. The van der Waals surface area contributed by atoms with Crippen molar-refractivity contribution in [3.8, 4) is 0 Å². The predicted molar refractivity (Wildman–Crippen MR) is 67.8 cm³/mol. The average molecular weight is 253 g/mol. The number of ether oxygens (including phenoxy) is 1. The first-order valence-corrected chi connectivity index (χ1v) is 6.41. The van der Waals surface area contributed by atoms with E-state index >= 15 is 0 Å². The van der Waals surface area contributed by atoms with Crippen molar-refractivity contribution in [1.82, 2.24) is 4.90 Å². The lowest BCUT2D eigenvalue weighted by Crippen LogP contribution is -2.40. The maximum Gasteiger partial charge on any atom is 0.129 e. The zero-order chi connectivity index (χ0) is 13.0. The minimum Gasteiger partial charge on any atom is -0.388 e. The van der Waals surface area contributed by atoms with Gasteiger partial charge in [0.2, 0.25) is 0 Å². The average Bonchev–Trinajstić information content (AvgIpc) is 2.39. The summed E-state index contributed by atoms with van der Waals surface area (Å²) >= 11 is 0. The summed E-state index contributed by atoms with van der Waals surface area (Å²) in [6.45, 7) is 5.96. The molecule has 2 unspecified atom stereocenters. The Balaban J connectivity index is 1.95. The number of hydrogen-bond donors (Lipinski definition) is 1. The second-order valence-electron chi connectivity index (χ2n) is 4.86. The Morgan fingerprint density at radius 3 is 2.67 bits per heavy atom. The molecule has 2 rings (SSSR count). The summed E-state index contributed by atoms with van der Waals surface area (Å²) in [5, 5.41) is 10.2. The van der Waals surface area contributed by atoms with E-state index in [1.165, 1.54) is 6.07 Å². The fraction of sp³-hybridized carbons (Fsp3) is 0.571. The topological polar surface area (TPSA) is 32.7 Å². The highest BCUT2D eigenvalue weighted by atomic mass is 19.1. The van der Waals surface area contributed by atoms with Crippen molar-refractivity contribution in [1.29, 1.82) is 0 Å². The van der Waals surface area contributed by atoms with Crippen LogP contribution < -0.4 is 0 Å². The van der Waals surface area contributed by atoms with Crippen LogP contribution in [-0.4, -0.2) is 42.9 Å². The lowest BCUT2D eigenvalue weighted by Gasteiger charge is -2.31. The van der Waals surface area contributed by atoms with Gasteiger partial charge in [-0.05, 0) is 12.0 Å². The molecule has 0 aromatic heterocycles. The van der Waals surface area contributed by atoms with E-state index in [4.69, 9.17) is 4.74 Å². The van der Waals surface area contributed by atoms with E-state index in [1.807, 2.05) is 6.92 Å². The first-order chi connectivity index (χ1) is 8.68. The van der Waals surface area contributed by atoms with E-state index in [2.05, 4.69) is 4.90 Å². The molecule has 0 spiro atoms. The Kier molecular flexibility index (Phi) is 4.69. The van der Waals surface area contributed by atoms with Crippen molar-refractivity contribution >= 4 is 0 Å². The summed E-state index contributed by atoms with van der Waals surface area (Å²) in [5.74, 6) is -0.334. The van der Waals surface area contributed by atoms with Crippen molar-refractivity contribution in [2.75, 3.05) is 32.8 Å². The molecule has 0 radical (unpaired) electrons. The van der Waals surface area contributed by atoms with Gasteiger partial charge in [0.1, 0.15) is 5.82 Å². The Morgan fingerprint density at radius 1 is 1.33 bits per heavy atom. The summed E-state index contributed by atoms with van der Waals surface area (Å²) < 4.78 is 18.9. The van der Waals surface area contributed by atoms with Gasteiger partial charge in [0, 0.05) is 25.2 Å². The molecule has 100 valence electrons. The van der Waals surface area contributed by atoms with Crippen LogP contribution in [0, 0.1) is 11.7 Å². The zero-order valence-electron chi connectivity index (χ0n) is 10.7. The summed E-state index contributed by atoms with van der Waals surface area (Å²) in [6, 6.07) is 6.43. The molecule has 0 amide bonds. The quantitative estimate of drug-likeness (QED) is 0.888. The van der Waals surface area contributed by atoms with Crippen molar-refractivity contribution in [2.45, 2.75) is 13.0 Å². The maximum absolute atomic E-state index is 13.6. The molecule has 1 aliphatic heterocycles. The highest BCUT2D eigenvalue weighted by molar-refractivity contribution is 5.20. The summed E-state index contributed by atoms with van der Waals surface area (Å²) in [7, 11) is 0. The molecule has 1 saturated heterocycles. The molecule has 4 heteroatoms. The Labute approximate surface area is 107 Å². The molecule has 18 heavy (non-hydrogen) atoms. The molecule has 1 N–H and O–H groups in total. The van der Waals surface area contributed by atoms with E-state index in [0.717, 1.165) is 32.8 Å². The maximum atomic E-state index is 13.6. The third-order valence-electron chi connectivity index (χ3n) is 3.41. The summed E-state index contributed by atoms with van der Waals surface area (Å²) in [6.07, 6.45) is -0.756. The number of hydrogen-bond acceptors (Lipinski definition) is 3. The van der Waals surface area contributed by atoms with E-state index in [0.29, 0.717) is 5.56 Å². The predicted octanol–water partition coefficient (Wildman–Crippen LogP) is 1.83. The highest BCUT2D eigenvalue weighted by Crippen LogP contribution is 2.24. The Bertz CT molecular complexity index is 380. The number of halogens is 1. The smallest absolute Gasteiger partial charge is 0.129 e. The van der Waals surface area contributed by atoms with Crippen LogP contribution >= 0.6 is 0 Å². The van der Waals surface area contributed by atoms with Gasteiger partial charge < -0.3 is 9.84 Å². The van der Waals surface area contributed by atoms with Gasteiger partial charge in [-0.3, -0.25) is 4.90 Å². The number of nitrogens with zero attached hydrogens (tertiary/aromatic N) is 1. The van der Waals surface area contributed by atoms with Crippen molar-refractivity contribution in [2.24, 2.45) is 5.92 Å². The molecule has 1 heterocycles. The van der Waals surface area contributed by atoms with Crippen LogP contribution in [0.5, 0.6) is 0 Å². The first kappa shape index (κ1) is 13.5. The molecule has 1 aromatic carbocycles. The monoisotopic (exact) mass is 253 g/mol. The van der Waals surface area contributed by atoms with Crippen molar-refractivity contribution in [3.05, 3.63) is 35.6 Å². The van der Waals surface area contributed by atoms with Crippen LogP contribution in [0.3, 0.4) is 0 Å². The number of aliphatic hydroxyl groups is 1. The van der Waals surface area contributed by atoms with Crippen LogP contribution in [0.2, 0.25) is 0 Å². The second kappa shape index (κ2) is 6.27. The zero-order valence-corrected chi connectivity index (χ0v) is 10.7.